The summed E-state index contributed by atoms with van der Waals surface area (Å²) in [7, 11) is 0. The van der Waals surface area contributed by atoms with Gasteiger partial charge in [0.1, 0.15) is 29.7 Å². The van der Waals surface area contributed by atoms with Crippen molar-refractivity contribution in [3.63, 3.8) is 0 Å². The van der Waals surface area contributed by atoms with Crippen molar-refractivity contribution in [1.29, 1.82) is 0 Å². The van der Waals surface area contributed by atoms with Gasteiger partial charge in [-0.2, -0.15) is 0 Å². The van der Waals surface area contributed by atoms with Gasteiger partial charge in [-0.15, -0.1) is 11.3 Å². The molecule has 7 nitrogen and oxygen atoms in total. The lowest BCUT2D eigenvalue weighted by Crippen LogP contribution is -2.21. The fourth-order valence-corrected chi connectivity index (χ4v) is 6.92. The van der Waals surface area contributed by atoms with Gasteiger partial charge in [-0.1, -0.05) is 6.07 Å². The van der Waals surface area contributed by atoms with Crippen LogP contribution >= 0.6 is 11.3 Å². The summed E-state index contributed by atoms with van der Waals surface area (Å²) < 4.78 is 11.4. The fourth-order valence-electron chi connectivity index (χ4n) is 5.65. The number of anilines is 1. The van der Waals surface area contributed by atoms with E-state index in [1.165, 1.54) is 34.2 Å². The first-order chi connectivity index (χ1) is 17.2. The zero-order chi connectivity index (χ0) is 23.8. The van der Waals surface area contributed by atoms with E-state index in [2.05, 4.69) is 17.4 Å². The van der Waals surface area contributed by atoms with Crippen LogP contribution in [0.4, 0.5) is 5.82 Å². The molecule has 2 N–H and O–H groups in total. The summed E-state index contributed by atoms with van der Waals surface area (Å²) in [6.45, 7) is 1.96. The van der Waals surface area contributed by atoms with Crippen molar-refractivity contribution >= 4 is 33.3 Å². The van der Waals surface area contributed by atoms with Gasteiger partial charge >= 0.3 is 5.97 Å². The number of thiophene rings is 1. The molecule has 0 saturated heterocycles. The largest absolute Gasteiger partial charge is 0.486 e. The molecule has 0 radical (unpaired) electrons. The zero-order valence-electron chi connectivity index (χ0n) is 19.8. The molecule has 0 bridgehead atoms. The Kier molecular flexibility index (Phi) is 6.22. The molecular formula is C27H31N3O4S. The highest BCUT2D eigenvalue weighted by Crippen LogP contribution is 2.41. The van der Waals surface area contributed by atoms with Gasteiger partial charge < -0.3 is 19.9 Å². The second-order valence-corrected chi connectivity index (χ2v) is 10.9. The van der Waals surface area contributed by atoms with Crippen molar-refractivity contribution in [3.05, 3.63) is 40.0 Å². The van der Waals surface area contributed by atoms with Crippen molar-refractivity contribution in [3.8, 4) is 11.5 Å². The lowest BCUT2D eigenvalue weighted by Gasteiger charge is -2.25. The molecule has 1 saturated carbocycles. The number of aryl methyl sites for hydroxylation is 2. The summed E-state index contributed by atoms with van der Waals surface area (Å²) in [5.74, 6) is 2.79. The highest BCUT2D eigenvalue weighted by Gasteiger charge is 2.30. The van der Waals surface area contributed by atoms with Crippen LogP contribution in [0, 0.1) is 5.92 Å². The molecule has 3 aliphatic rings. The molecule has 8 heteroatoms. The number of ether oxygens (including phenoxy) is 2. The van der Waals surface area contributed by atoms with Crippen molar-refractivity contribution in [1.82, 2.24) is 9.97 Å². The van der Waals surface area contributed by atoms with Crippen molar-refractivity contribution in [2.75, 3.05) is 25.1 Å². The number of nitrogens with zero attached hydrogens (tertiary/aromatic N) is 2. The molecule has 3 aromatic rings. The average Bonchev–Trinajstić information content (AvgIpc) is 3.27. The summed E-state index contributed by atoms with van der Waals surface area (Å²) in [6, 6.07) is 6.17. The molecular weight excluding hydrogens is 462 g/mol. The Hall–Kier alpha value is -2.87. The van der Waals surface area contributed by atoms with E-state index in [9.17, 15) is 9.90 Å². The topological polar surface area (TPSA) is 93.6 Å². The van der Waals surface area contributed by atoms with E-state index in [1.54, 1.807) is 0 Å². The number of nitrogens with one attached hydrogen (secondary N) is 1. The first kappa shape index (κ1) is 22.6. The molecule has 2 aromatic heterocycles. The Balaban J connectivity index is 1.25. The normalized spacial score (nSPS) is 21.5. The van der Waals surface area contributed by atoms with Gasteiger partial charge in [0.25, 0.3) is 0 Å². The minimum absolute atomic E-state index is 0.229. The monoisotopic (exact) mass is 493 g/mol. The third-order valence-electron chi connectivity index (χ3n) is 7.59. The van der Waals surface area contributed by atoms with Gasteiger partial charge in [0.05, 0.1) is 11.3 Å². The summed E-state index contributed by atoms with van der Waals surface area (Å²) in [6.07, 6.45) is 8.62. The minimum atomic E-state index is -0.674. The van der Waals surface area contributed by atoms with Crippen molar-refractivity contribution < 1.29 is 19.4 Å². The lowest BCUT2D eigenvalue weighted by molar-refractivity contribution is -0.142. The van der Waals surface area contributed by atoms with E-state index < -0.39 is 5.97 Å². The number of carboxylic acid groups (broad SMARTS) is 1. The van der Waals surface area contributed by atoms with Gasteiger partial charge in [0.15, 0.2) is 11.5 Å². The maximum absolute atomic E-state index is 11.4. The lowest BCUT2D eigenvalue weighted by atomic mass is 9.81. The SMILES string of the molecule is O=C(O)C1CCC(c2nc(NCCc3ccc4c(c3)OCCO4)c3c4c(sc3n2)CCCC4)CC1. The number of hydrogen-bond donors (Lipinski definition) is 2. The molecule has 35 heavy (non-hydrogen) atoms. The van der Waals surface area contributed by atoms with Crippen LogP contribution in [0.25, 0.3) is 10.2 Å². The predicted octanol–water partition coefficient (Wildman–Crippen LogP) is 5.35. The van der Waals surface area contributed by atoms with Crippen LogP contribution in [0.2, 0.25) is 0 Å². The van der Waals surface area contributed by atoms with Gasteiger partial charge in [0.2, 0.25) is 0 Å². The highest BCUT2D eigenvalue weighted by atomic mass is 32.1. The standard InChI is InChI=1S/C27H31N3O4S/c31-27(32)18-8-6-17(7-9-18)24-29-25(23-19-3-1-2-4-22(19)35-26(23)30-24)28-12-11-16-5-10-20-21(15-16)34-14-13-33-20/h5,10,15,17-18H,1-4,6-9,11-14H2,(H,31,32)(H,28,29,30). The van der Waals surface area contributed by atoms with E-state index in [-0.39, 0.29) is 11.8 Å². The Labute approximate surface area is 208 Å². The molecule has 1 fully saturated rings. The number of benzene rings is 1. The van der Waals surface area contributed by atoms with Crippen LogP contribution < -0.4 is 14.8 Å². The molecule has 6 rings (SSSR count). The van der Waals surface area contributed by atoms with Crippen LogP contribution in [0.3, 0.4) is 0 Å². The maximum Gasteiger partial charge on any atom is 0.306 e. The second-order valence-electron chi connectivity index (χ2n) is 9.86. The summed E-state index contributed by atoms with van der Waals surface area (Å²) >= 11 is 1.83. The van der Waals surface area contributed by atoms with Crippen molar-refractivity contribution in [2.24, 2.45) is 5.92 Å². The van der Waals surface area contributed by atoms with E-state index in [0.717, 1.165) is 66.6 Å². The van der Waals surface area contributed by atoms with Crippen LogP contribution in [-0.4, -0.2) is 40.8 Å². The second kappa shape index (κ2) is 9.64. The zero-order valence-corrected chi connectivity index (χ0v) is 20.7. The molecule has 0 amide bonds. The smallest absolute Gasteiger partial charge is 0.306 e. The quantitative estimate of drug-likeness (QED) is 0.478. The van der Waals surface area contributed by atoms with E-state index in [1.807, 2.05) is 17.4 Å². The van der Waals surface area contributed by atoms with Gasteiger partial charge in [0, 0.05) is 17.3 Å². The number of hydrogen-bond acceptors (Lipinski definition) is 7. The number of aliphatic carboxylic acids is 1. The summed E-state index contributed by atoms with van der Waals surface area (Å²) in [5.41, 5.74) is 2.63. The van der Waals surface area contributed by atoms with Gasteiger partial charge in [-0.25, -0.2) is 9.97 Å². The average molecular weight is 494 g/mol. The number of carbonyl (C=O) groups is 1. The number of carboxylic acids is 1. The molecule has 0 spiro atoms. The van der Waals surface area contributed by atoms with Crippen LogP contribution in [-0.2, 0) is 24.1 Å². The molecule has 0 atom stereocenters. The fraction of sp³-hybridized carbons (Fsp3) is 0.519. The third-order valence-corrected chi connectivity index (χ3v) is 8.77. The Morgan fingerprint density at radius 2 is 1.86 bits per heavy atom. The molecule has 1 aliphatic heterocycles. The first-order valence-electron chi connectivity index (χ1n) is 12.8. The van der Waals surface area contributed by atoms with Crippen LogP contribution in [0.1, 0.15) is 66.3 Å². The minimum Gasteiger partial charge on any atom is -0.486 e. The number of aromatic nitrogens is 2. The summed E-state index contributed by atoms with van der Waals surface area (Å²) in [4.78, 5) is 24.1. The highest BCUT2D eigenvalue weighted by molar-refractivity contribution is 7.19. The van der Waals surface area contributed by atoms with Crippen LogP contribution in [0.5, 0.6) is 11.5 Å². The predicted molar refractivity (Wildman–Crippen MR) is 136 cm³/mol. The first-order valence-corrected chi connectivity index (χ1v) is 13.6. The molecule has 0 unspecified atom stereocenters. The molecule has 2 aliphatic carbocycles. The Bertz CT molecular complexity index is 1250. The number of rotatable bonds is 6. The summed E-state index contributed by atoms with van der Waals surface area (Å²) in [5, 5.41) is 14.2. The third kappa shape index (κ3) is 4.56. The van der Waals surface area contributed by atoms with Gasteiger partial charge in [-0.3, -0.25) is 4.79 Å². The maximum atomic E-state index is 11.4. The van der Waals surface area contributed by atoms with Crippen molar-refractivity contribution in [2.45, 2.75) is 63.7 Å². The molecule has 3 heterocycles. The van der Waals surface area contributed by atoms with Gasteiger partial charge in [-0.05, 0) is 81.0 Å². The Morgan fingerprint density at radius 3 is 2.69 bits per heavy atom. The molecule has 184 valence electrons. The molecule has 1 aromatic carbocycles. The van der Waals surface area contributed by atoms with E-state index in [4.69, 9.17) is 19.4 Å². The number of fused-ring (bicyclic) bond motifs is 4. The van der Waals surface area contributed by atoms with Crippen LogP contribution in [0.15, 0.2) is 18.2 Å². The van der Waals surface area contributed by atoms with E-state index in [0.29, 0.717) is 26.1 Å². The Morgan fingerprint density at radius 1 is 1.06 bits per heavy atom. The van der Waals surface area contributed by atoms with E-state index >= 15 is 0 Å².